The van der Waals surface area contributed by atoms with Gasteiger partial charge in [0.1, 0.15) is 0 Å². The van der Waals surface area contributed by atoms with E-state index < -0.39 is 0 Å². The number of amides is 1. The van der Waals surface area contributed by atoms with Crippen molar-refractivity contribution in [3.05, 3.63) is 59.7 Å². The number of H-pyrrole nitrogens is 1. The van der Waals surface area contributed by atoms with Crippen LogP contribution in [0.4, 0.5) is 0 Å². The van der Waals surface area contributed by atoms with E-state index in [2.05, 4.69) is 37.0 Å². The molecule has 0 saturated carbocycles. The predicted molar refractivity (Wildman–Crippen MR) is 93.9 cm³/mol. The molecular weight excluding hydrogens is 300 g/mol. The number of aromatic amines is 1. The number of nitrogens with zero attached hydrogens (tertiary/aromatic N) is 1. The molecule has 0 spiro atoms. The zero-order valence-electron chi connectivity index (χ0n) is 14.1. The number of carbonyl (C=O) groups is 1. The number of nitrogens with one attached hydrogen (secondary N) is 1. The first-order valence-corrected chi connectivity index (χ1v) is 8.59. The van der Waals surface area contributed by atoms with Crippen LogP contribution in [0.2, 0.25) is 0 Å². The van der Waals surface area contributed by atoms with Crippen LogP contribution in [0.5, 0.6) is 0 Å². The molecule has 0 saturated heterocycles. The van der Waals surface area contributed by atoms with Crippen molar-refractivity contribution in [2.75, 3.05) is 6.54 Å². The fraction of sp³-hybridized carbons (Fsp3) is 0.350. The van der Waals surface area contributed by atoms with Gasteiger partial charge in [-0.2, -0.15) is 0 Å². The molecule has 2 aromatic heterocycles. The van der Waals surface area contributed by atoms with Gasteiger partial charge in [-0.15, -0.1) is 0 Å². The lowest BCUT2D eigenvalue weighted by molar-refractivity contribution is 0.0599. The van der Waals surface area contributed by atoms with Crippen LogP contribution in [0.1, 0.15) is 48.1 Å². The number of carbonyl (C=O) groups excluding carboxylic acids is 1. The number of aromatic nitrogens is 1. The summed E-state index contributed by atoms with van der Waals surface area (Å²) in [7, 11) is 0. The summed E-state index contributed by atoms with van der Waals surface area (Å²) in [6, 6.07) is 12.0. The third-order valence-corrected chi connectivity index (χ3v) is 4.85. The van der Waals surface area contributed by atoms with E-state index in [4.69, 9.17) is 4.42 Å². The molecule has 0 radical (unpaired) electrons. The van der Waals surface area contributed by atoms with Crippen molar-refractivity contribution in [1.29, 1.82) is 0 Å². The summed E-state index contributed by atoms with van der Waals surface area (Å²) in [5, 5.41) is 1.28. The second-order valence-electron chi connectivity index (χ2n) is 6.93. The second-order valence-corrected chi connectivity index (χ2v) is 6.93. The van der Waals surface area contributed by atoms with E-state index in [1.807, 2.05) is 11.0 Å². The summed E-state index contributed by atoms with van der Waals surface area (Å²) in [5.74, 6) is 0.900. The Labute approximate surface area is 141 Å². The van der Waals surface area contributed by atoms with Gasteiger partial charge in [0.05, 0.1) is 12.3 Å². The first kappa shape index (κ1) is 15.1. The van der Waals surface area contributed by atoms with Gasteiger partial charge in [-0.3, -0.25) is 4.79 Å². The van der Waals surface area contributed by atoms with Gasteiger partial charge < -0.3 is 14.3 Å². The van der Waals surface area contributed by atoms with Crippen molar-refractivity contribution >= 4 is 16.8 Å². The van der Waals surface area contributed by atoms with Crippen LogP contribution in [-0.2, 0) is 6.42 Å². The van der Waals surface area contributed by atoms with Gasteiger partial charge in [0.2, 0.25) is 0 Å². The lowest BCUT2D eigenvalue weighted by Gasteiger charge is -2.36. The standard InChI is InChI=1S/C20H22N2O2/c1-13(2)12-17-19-15(14-6-3-4-7-16(14)21-19)9-10-22(17)20(23)18-8-5-11-24-18/h3-8,11,13,17,21H,9-10,12H2,1-2H3. The van der Waals surface area contributed by atoms with Gasteiger partial charge in [0.15, 0.2) is 5.76 Å². The van der Waals surface area contributed by atoms with E-state index >= 15 is 0 Å². The van der Waals surface area contributed by atoms with Gasteiger partial charge in [-0.05, 0) is 42.5 Å². The summed E-state index contributed by atoms with van der Waals surface area (Å²) in [4.78, 5) is 18.4. The lowest BCUT2D eigenvalue weighted by atomic mass is 9.91. The first-order valence-electron chi connectivity index (χ1n) is 8.59. The summed E-state index contributed by atoms with van der Waals surface area (Å²) >= 11 is 0. The Morgan fingerprint density at radius 3 is 2.88 bits per heavy atom. The quantitative estimate of drug-likeness (QED) is 0.769. The van der Waals surface area contributed by atoms with Gasteiger partial charge >= 0.3 is 0 Å². The molecule has 3 heterocycles. The molecule has 1 N–H and O–H groups in total. The summed E-state index contributed by atoms with van der Waals surface area (Å²) in [5.41, 5.74) is 3.71. The Hall–Kier alpha value is -2.49. The molecule has 24 heavy (non-hydrogen) atoms. The maximum atomic E-state index is 12.9. The van der Waals surface area contributed by atoms with Crippen molar-refractivity contribution in [2.45, 2.75) is 32.7 Å². The van der Waals surface area contributed by atoms with E-state index in [-0.39, 0.29) is 11.9 Å². The third kappa shape index (κ3) is 2.42. The summed E-state index contributed by atoms with van der Waals surface area (Å²) < 4.78 is 5.35. The highest BCUT2D eigenvalue weighted by molar-refractivity contribution is 5.92. The number of fused-ring (bicyclic) bond motifs is 3. The smallest absolute Gasteiger partial charge is 0.290 e. The van der Waals surface area contributed by atoms with Crippen LogP contribution >= 0.6 is 0 Å². The number of furan rings is 1. The number of para-hydroxylation sites is 1. The number of hydrogen-bond acceptors (Lipinski definition) is 2. The van der Waals surface area contributed by atoms with E-state index in [1.165, 1.54) is 16.6 Å². The van der Waals surface area contributed by atoms with Crippen molar-refractivity contribution in [3.8, 4) is 0 Å². The maximum absolute atomic E-state index is 12.9. The minimum absolute atomic E-state index is 0.0186. The molecule has 1 unspecified atom stereocenters. The first-order chi connectivity index (χ1) is 11.6. The number of benzene rings is 1. The molecule has 4 heteroatoms. The molecule has 3 aromatic rings. The topological polar surface area (TPSA) is 49.2 Å². The SMILES string of the molecule is CC(C)CC1c2[nH]c3ccccc3c2CCN1C(=O)c1ccco1. The minimum Gasteiger partial charge on any atom is -0.459 e. The largest absolute Gasteiger partial charge is 0.459 e. The molecule has 1 aliphatic rings. The molecular formula is C20H22N2O2. The summed E-state index contributed by atoms with van der Waals surface area (Å²) in [6.07, 6.45) is 3.37. The van der Waals surface area contributed by atoms with E-state index in [0.29, 0.717) is 11.7 Å². The predicted octanol–water partition coefficient (Wildman–Crippen LogP) is 4.55. The molecule has 1 amide bonds. The fourth-order valence-corrected chi connectivity index (χ4v) is 3.80. The van der Waals surface area contributed by atoms with E-state index in [0.717, 1.165) is 24.9 Å². The van der Waals surface area contributed by atoms with Crippen LogP contribution in [0, 0.1) is 5.92 Å². The Bertz CT molecular complexity index is 861. The van der Waals surface area contributed by atoms with Gasteiger partial charge in [0.25, 0.3) is 5.91 Å². The monoisotopic (exact) mass is 322 g/mol. The lowest BCUT2D eigenvalue weighted by Crippen LogP contribution is -2.40. The van der Waals surface area contributed by atoms with Crippen molar-refractivity contribution in [2.24, 2.45) is 5.92 Å². The molecule has 0 fully saturated rings. The third-order valence-electron chi connectivity index (χ3n) is 4.85. The molecule has 1 aliphatic heterocycles. The van der Waals surface area contributed by atoms with Crippen LogP contribution in [0.3, 0.4) is 0 Å². The van der Waals surface area contributed by atoms with Crippen molar-refractivity contribution < 1.29 is 9.21 Å². The van der Waals surface area contributed by atoms with E-state index in [9.17, 15) is 4.79 Å². The average molecular weight is 322 g/mol. The molecule has 0 bridgehead atoms. The van der Waals surface area contributed by atoms with Crippen LogP contribution in [0.15, 0.2) is 47.1 Å². The van der Waals surface area contributed by atoms with E-state index in [1.54, 1.807) is 18.4 Å². The van der Waals surface area contributed by atoms with Crippen LogP contribution in [0.25, 0.3) is 10.9 Å². The highest BCUT2D eigenvalue weighted by atomic mass is 16.3. The number of hydrogen-bond donors (Lipinski definition) is 1. The molecule has 1 aromatic carbocycles. The van der Waals surface area contributed by atoms with Crippen molar-refractivity contribution in [3.63, 3.8) is 0 Å². The normalized spacial score (nSPS) is 17.5. The summed E-state index contributed by atoms with van der Waals surface area (Å²) in [6.45, 7) is 5.13. The Balaban J connectivity index is 1.78. The second kappa shape index (κ2) is 5.86. The van der Waals surface area contributed by atoms with Gasteiger partial charge in [-0.1, -0.05) is 32.0 Å². The Kier molecular flexibility index (Phi) is 3.68. The number of rotatable bonds is 3. The maximum Gasteiger partial charge on any atom is 0.290 e. The molecule has 124 valence electrons. The fourth-order valence-electron chi connectivity index (χ4n) is 3.80. The molecule has 0 aliphatic carbocycles. The van der Waals surface area contributed by atoms with Crippen molar-refractivity contribution in [1.82, 2.24) is 9.88 Å². The van der Waals surface area contributed by atoms with Gasteiger partial charge in [-0.25, -0.2) is 0 Å². The zero-order valence-corrected chi connectivity index (χ0v) is 14.1. The van der Waals surface area contributed by atoms with Gasteiger partial charge in [0, 0.05) is 23.1 Å². The Morgan fingerprint density at radius 2 is 2.12 bits per heavy atom. The molecule has 1 atom stereocenters. The highest BCUT2D eigenvalue weighted by Gasteiger charge is 2.34. The average Bonchev–Trinajstić information content (AvgIpc) is 3.22. The Morgan fingerprint density at radius 1 is 1.29 bits per heavy atom. The highest BCUT2D eigenvalue weighted by Crippen LogP contribution is 2.38. The minimum atomic E-state index is -0.0186. The molecule has 4 rings (SSSR count). The zero-order chi connectivity index (χ0) is 16.7. The van der Waals surface area contributed by atoms with Crippen LogP contribution in [-0.4, -0.2) is 22.3 Å². The molecule has 4 nitrogen and oxygen atoms in total. The van der Waals surface area contributed by atoms with Crippen LogP contribution < -0.4 is 0 Å².